The molecule has 0 atom stereocenters. The number of fused-ring (bicyclic) bond motifs is 2. The van der Waals surface area contributed by atoms with Crippen molar-refractivity contribution in [2.45, 2.75) is 6.61 Å². The third-order valence-corrected chi connectivity index (χ3v) is 4.55. The molecule has 0 fully saturated rings. The van der Waals surface area contributed by atoms with E-state index in [1.165, 1.54) is 12.3 Å². The van der Waals surface area contributed by atoms with E-state index in [4.69, 9.17) is 16.3 Å². The molecule has 0 unspecified atom stereocenters. The van der Waals surface area contributed by atoms with Crippen molar-refractivity contribution in [1.82, 2.24) is 4.98 Å². The summed E-state index contributed by atoms with van der Waals surface area (Å²) in [5.41, 5.74) is 1.65. The highest BCUT2D eigenvalue weighted by Crippen LogP contribution is 2.29. The highest BCUT2D eigenvalue weighted by Gasteiger charge is 2.33. The molecule has 1 heterocycles. The molecule has 0 spiro atoms. The van der Waals surface area contributed by atoms with Crippen molar-refractivity contribution in [1.29, 1.82) is 0 Å². The van der Waals surface area contributed by atoms with Crippen molar-refractivity contribution in [3.63, 3.8) is 0 Å². The number of benzene rings is 2. The number of rotatable bonds is 3. The molecule has 0 amide bonds. The average Bonchev–Trinajstić information content (AvgIpc) is 2.71. The Kier molecular flexibility index (Phi) is 4.30. The van der Waals surface area contributed by atoms with Gasteiger partial charge in [-0.05, 0) is 12.1 Å². The molecular weight excluding hydrogens is 366 g/mol. The fourth-order valence-corrected chi connectivity index (χ4v) is 3.15. The van der Waals surface area contributed by atoms with Crippen LogP contribution in [0.25, 0.3) is 0 Å². The molecule has 1 aliphatic rings. The number of pyridine rings is 1. The Morgan fingerprint density at radius 3 is 2.30 bits per heavy atom. The quantitative estimate of drug-likeness (QED) is 0.400. The molecule has 5 nitrogen and oxygen atoms in total. The molecule has 132 valence electrons. The normalized spacial score (nSPS) is 12.3. The predicted molar refractivity (Wildman–Crippen MR) is 98.1 cm³/mol. The first-order chi connectivity index (χ1) is 13.1. The average molecular weight is 378 g/mol. The summed E-state index contributed by atoms with van der Waals surface area (Å²) in [6.07, 6.45) is 1.50. The second-order valence-electron chi connectivity index (χ2n) is 6.00. The fraction of sp³-hybridized carbons (Fsp3) is 0.0476. The molecule has 0 N–H and O–H groups in total. The van der Waals surface area contributed by atoms with E-state index in [9.17, 15) is 14.4 Å². The zero-order chi connectivity index (χ0) is 19.0. The lowest BCUT2D eigenvalue weighted by molar-refractivity contribution is 0.0469. The van der Waals surface area contributed by atoms with Gasteiger partial charge in [0.25, 0.3) is 0 Å². The summed E-state index contributed by atoms with van der Waals surface area (Å²) >= 11 is 5.73. The number of ether oxygens (including phenoxy) is 1. The Morgan fingerprint density at radius 1 is 0.889 bits per heavy atom. The largest absolute Gasteiger partial charge is 0.457 e. The third-order valence-electron chi connectivity index (χ3n) is 4.33. The van der Waals surface area contributed by atoms with Gasteiger partial charge >= 0.3 is 5.97 Å². The molecule has 3 aromatic rings. The van der Waals surface area contributed by atoms with Crippen LogP contribution in [0.2, 0.25) is 5.15 Å². The zero-order valence-corrected chi connectivity index (χ0v) is 14.7. The number of aromatic nitrogens is 1. The van der Waals surface area contributed by atoms with Crippen LogP contribution in [0.4, 0.5) is 0 Å². The zero-order valence-electron chi connectivity index (χ0n) is 13.9. The summed E-state index contributed by atoms with van der Waals surface area (Å²) < 4.78 is 5.31. The van der Waals surface area contributed by atoms with E-state index >= 15 is 0 Å². The Morgan fingerprint density at radius 2 is 1.59 bits per heavy atom. The molecule has 0 saturated heterocycles. The summed E-state index contributed by atoms with van der Waals surface area (Å²) in [6.45, 7) is -0.0224. The second kappa shape index (κ2) is 6.78. The number of esters is 1. The van der Waals surface area contributed by atoms with E-state index < -0.39 is 5.97 Å². The first kappa shape index (κ1) is 17.1. The van der Waals surface area contributed by atoms with Gasteiger partial charge in [0.15, 0.2) is 11.6 Å². The number of carbonyl (C=O) groups excluding carboxylic acids is 3. The Hall–Kier alpha value is -3.31. The smallest absolute Gasteiger partial charge is 0.339 e. The van der Waals surface area contributed by atoms with Crippen LogP contribution < -0.4 is 0 Å². The fourth-order valence-electron chi connectivity index (χ4n) is 3.03. The van der Waals surface area contributed by atoms with Gasteiger partial charge in [-0.3, -0.25) is 9.59 Å². The molecule has 0 bridgehead atoms. The lowest BCUT2D eigenvalue weighted by Crippen LogP contribution is -2.24. The summed E-state index contributed by atoms with van der Waals surface area (Å²) in [5, 5.41) is 0.338. The van der Waals surface area contributed by atoms with Crippen LogP contribution in [0, 0.1) is 0 Å². The number of nitrogens with zero attached hydrogens (tertiary/aromatic N) is 1. The number of halogens is 1. The predicted octanol–water partition coefficient (Wildman–Crippen LogP) is 3.87. The van der Waals surface area contributed by atoms with Crippen molar-refractivity contribution < 1.29 is 19.1 Å². The molecule has 1 aliphatic carbocycles. The van der Waals surface area contributed by atoms with Crippen LogP contribution >= 0.6 is 11.6 Å². The minimum absolute atomic E-state index is 0.0224. The van der Waals surface area contributed by atoms with E-state index in [-0.39, 0.29) is 40.4 Å². The highest BCUT2D eigenvalue weighted by molar-refractivity contribution is 6.30. The van der Waals surface area contributed by atoms with E-state index in [0.717, 1.165) is 0 Å². The molecular formula is C21H12ClNO4. The van der Waals surface area contributed by atoms with Crippen LogP contribution in [-0.2, 0) is 11.3 Å². The Labute approximate surface area is 159 Å². The van der Waals surface area contributed by atoms with Gasteiger partial charge in [-0.25, -0.2) is 9.78 Å². The van der Waals surface area contributed by atoms with Crippen molar-refractivity contribution >= 4 is 29.1 Å². The topological polar surface area (TPSA) is 73.3 Å². The first-order valence-corrected chi connectivity index (χ1v) is 8.53. The molecule has 6 heteroatoms. The van der Waals surface area contributed by atoms with Crippen LogP contribution in [0.15, 0.2) is 60.8 Å². The summed E-state index contributed by atoms with van der Waals surface area (Å²) in [6, 6.07) is 14.5. The van der Waals surface area contributed by atoms with Crippen LogP contribution in [0.5, 0.6) is 0 Å². The number of hydrogen-bond donors (Lipinski definition) is 0. The van der Waals surface area contributed by atoms with Gasteiger partial charge in [-0.15, -0.1) is 0 Å². The molecule has 4 rings (SSSR count). The van der Waals surface area contributed by atoms with Crippen molar-refractivity contribution in [3.05, 3.63) is 99.3 Å². The Bertz CT molecular complexity index is 1090. The maximum absolute atomic E-state index is 12.9. The second-order valence-corrected chi connectivity index (χ2v) is 6.38. The van der Waals surface area contributed by atoms with Gasteiger partial charge < -0.3 is 4.74 Å². The molecule has 0 radical (unpaired) electrons. The maximum Gasteiger partial charge on any atom is 0.339 e. The first-order valence-electron chi connectivity index (χ1n) is 8.15. The van der Waals surface area contributed by atoms with Crippen LogP contribution in [-0.4, -0.2) is 22.5 Å². The monoisotopic (exact) mass is 377 g/mol. The molecule has 2 aromatic carbocycles. The molecule has 0 saturated carbocycles. The van der Waals surface area contributed by atoms with Gasteiger partial charge in [0.1, 0.15) is 11.8 Å². The minimum atomic E-state index is -0.678. The lowest BCUT2D eigenvalue weighted by Gasteiger charge is -2.19. The summed E-state index contributed by atoms with van der Waals surface area (Å²) in [4.78, 5) is 42.1. The van der Waals surface area contributed by atoms with Gasteiger partial charge in [0.05, 0.1) is 5.56 Å². The molecule has 0 aliphatic heterocycles. The van der Waals surface area contributed by atoms with Crippen molar-refractivity contribution in [2.24, 2.45) is 0 Å². The van der Waals surface area contributed by atoms with Gasteiger partial charge in [-0.1, -0.05) is 54.1 Å². The van der Waals surface area contributed by atoms with E-state index in [1.54, 1.807) is 48.5 Å². The molecule has 27 heavy (non-hydrogen) atoms. The lowest BCUT2D eigenvalue weighted by atomic mass is 9.82. The van der Waals surface area contributed by atoms with E-state index in [0.29, 0.717) is 16.3 Å². The highest BCUT2D eigenvalue weighted by atomic mass is 35.5. The number of hydrogen-bond acceptors (Lipinski definition) is 5. The Balaban J connectivity index is 1.67. The number of ketones is 2. The summed E-state index contributed by atoms with van der Waals surface area (Å²) in [5.74, 6) is -1.32. The van der Waals surface area contributed by atoms with Gasteiger partial charge in [0.2, 0.25) is 0 Å². The maximum atomic E-state index is 12.9. The standard InChI is InChI=1S/C21H12ClNO4/c22-17-9-8-12(10-23-17)11-27-21(26)16-7-3-6-15-18(16)20(25)14-5-2-1-4-13(14)19(15)24/h1-10H,11H2. The van der Waals surface area contributed by atoms with Gasteiger partial charge in [-0.2, -0.15) is 0 Å². The minimum Gasteiger partial charge on any atom is -0.457 e. The van der Waals surface area contributed by atoms with Crippen LogP contribution in [0.1, 0.15) is 47.8 Å². The van der Waals surface area contributed by atoms with Crippen LogP contribution in [0.3, 0.4) is 0 Å². The number of carbonyl (C=O) groups is 3. The van der Waals surface area contributed by atoms with E-state index in [1.807, 2.05) is 0 Å². The SMILES string of the molecule is O=C(OCc1ccc(Cl)nc1)c1cccc2c1C(=O)c1ccccc1C2=O. The summed E-state index contributed by atoms with van der Waals surface area (Å²) in [7, 11) is 0. The van der Waals surface area contributed by atoms with Gasteiger partial charge in [0, 0.05) is 34.0 Å². The van der Waals surface area contributed by atoms with E-state index in [2.05, 4.69) is 4.98 Å². The third kappa shape index (κ3) is 3.02. The van der Waals surface area contributed by atoms with Crippen molar-refractivity contribution in [2.75, 3.05) is 0 Å². The molecule has 1 aromatic heterocycles. The van der Waals surface area contributed by atoms with Crippen molar-refractivity contribution in [3.8, 4) is 0 Å².